The van der Waals surface area contributed by atoms with Gasteiger partial charge in [-0.25, -0.2) is 0 Å². The molecule has 1 aromatic rings. The summed E-state index contributed by atoms with van der Waals surface area (Å²) in [6.07, 6.45) is 0.971. The minimum atomic E-state index is -0.522. The maximum absolute atomic E-state index is 11.9. The van der Waals surface area contributed by atoms with Crippen molar-refractivity contribution in [3.63, 3.8) is 0 Å². The number of carbonyl (C=O) groups is 1. The van der Waals surface area contributed by atoms with Crippen LogP contribution in [0.1, 0.15) is 38.3 Å². The van der Waals surface area contributed by atoms with Crippen LogP contribution in [0.2, 0.25) is 0 Å². The van der Waals surface area contributed by atoms with Gasteiger partial charge in [0, 0.05) is 32.7 Å². The molecule has 0 saturated heterocycles. The topological polar surface area (TPSA) is 74.8 Å². The number of halogens is 1. The predicted octanol–water partition coefficient (Wildman–Crippen LogP) is 2.84. The van der Waals surface area contributed by atoms with E-state index in [-0.39, 0.29) is 29.9 Å². The van der Waals surface area contributed by atoms with Crippen molar-refractivity contribution >= 4 is 35.8 Å². The van der Waals surface area contributed by atoms with Crippen molar-refractivity contribution in [2.45, 2.75) is 40.7 Å². The van der Waals surface area contributed by atoms with Crippen LogP contribution in [0.5, 0.6) is 5.75 Å². The monoisotopic (exact) mass is 476 g/mol. The van der Waals surface area contributed by atoms with E-state index >= 15 is 0 Å². The lowest BCUT2D eigenvalue weighted by atomic mass is 9.92. The van der Waals surface area contributed by atoms with Gasteiger partial charge in [0.15, 0.2) is 5.96 Å². The molecule has 0 spiro atoms. The van der Waals surface area contributed by atoms with E-state index in [9.17, 15) is 4.79 Å². The highest BCUT2D eigenvalue weighted by Gasteiger charge is 2.26. The number of benzene rings is 1. The molecule has 1 rings (SSSR count). The smallest absolute Gasteiger partial charge is 0.227 e. The molecule has 0 saturated carbocycles. The Hall–Kier alpha value is -1.51. The summed E-state index contributed by atoms with van der Waals surface area (Å²) >= 11 is 0. The van der Waals surface area contributed by atoms with Crippen molar-refractivity contribution in [1.29, 1.82) is 0 Å². The lowest BCUT2D eigenvalue weighted by molar-refractivity contribution is -0.128. The Labute approximate surface area is 174 Å². The first kappa shape index (κ1) is 24.5. The molecule has 0 unspecified atom stereocenters. The number of hydrogen-bond donors (Lipinski definition) is 3. The first-order chi connectivity index (χ1) is 11.8. The molecule has 7 heteroatoms. The van der Waals surface area contributed by atoms with Gasteiger partial charge in [0.05, 0.1) is 12.0 Å². The zero-order valence-corrected chi connectivity index (χ0v) is 19.1. The zero-order valence-electron chi connectivity index (χ0n) is 16.7. The van der Waals surface area contributed by atoms with Crippen molar-refractivity contribution in [1.82, 2.24) is 16.0 Å². The number of hydrogen-bond acceptors (Lipinski definition) is 3. The van der Waals surface area contributed by atoms with Crippen molar-refractivity contribution in [2.24, 2.45) is 10.4 Å². The fourth-order valence-corrected chi connectivity index (χ4v) is 2.28. The number of aliphatic imine (C=N–C) groups is 1. The fourth-order valence-electron chi connectivity index (χ4n) is 2.28. The number of carbonyl (C=O) groups excluding carboxylic acids is 1. The summed E-state index contributed by atoms with van der Waals surface area (Å²) in [5.41, 5.74) is 1.73. The van der Waals surface area contributed by atoms with Gasteiger partial charge in [-0.2, -0.15) is 0 Å². The number of ether oxygens (including phenoxy) is 1. The highest BCUT2D eigenvalue weighted by Crippen LogP contribution is 2.20. The van der Waals surface area contributed by atoms with E-state index in [2.05, 4.69) is 53.0 Å². The van der Waals surface area contributed by atoms with Gasteiger partial charge >= 0.3 is 0 Å². The molecule has 0 bridgehead atoms. The van der Waals surface area contributed by atoms with Crippen LogP contribution in [0.4, 0.5) is 0 Å². The van der Waals surface area contributed by atoms with E-state index in [1.54, 1.807) is 14.1 Å². The van der Waals surface area contributed by atoms with Crippen LogP contribution in [0.15, 0.2) is 23.2 Å². The Morgan fingerprint density at radius 1 is 1.27 bits per heavy atom. The summed E-state index contributed by atoms with van der Waals surface area (Å²) < 4.78 is 5.84. The molecule has 0 radical (unpaired) electrons. The van der Waals surface area contributed by atoms with Gasteiger partial charge in [-0.05, 0) is 38.8 Å². The molecule has 0 atom stereocenters. The third-order valence-electron chi connectivity index (χ3n) is 3.89. The molecule has 6 nitrogen and oxygen atoms in total. The van der Waals surface area contributed by atoms with Gasteiger partial charge in [-0.15, -0.1) is 24.0 Å². The van der Waals surface area contributed by atoms with Crippen LogP contribution in [-0.2, 0) is 11.3 Å². The molecule has 0 aliphatic rings. The second-order valence-electron chi connectivity index (χ2n) is 6.70. The van der Waals surface area contributed by atoms with Crippen LogP contribution < -0.4 is 20.7 Å². The van der Waals surface area contributed by atoms with Crippen molar-refractivity contribution < 1.29 is 9.53 Å². The van der Waals surface area contributed by atoms with Crippen molar-refractivity contribution in [3.8, 4) is 5.75 Å². The summed E-state index contributed by atoms with van der Waals surface area (Å²) in [5, 5.41) is 9.17. The second-order valence-corrected chi connectivity index (χ2v) is 6.70. The molecular formula is C19H33IN4O2. The molecule has 3 N–H and O–H groups in total. The third kappa shape index (κ3) is 7.80. The van der Waals surface area contributed by atoms with E-state index < -0.39 is 5.41 Å². The van der Waals surface area contributed by atoms with E-state index in [0.29, 0.717) is 25.7 Å². The summed E-state index contributed by atoms with van der Waals surface area (Å²) in [5.74, 6) is 1.54. The van der Waals surface area contributed by atoms with Crippen molar-refractivity contribution in [3.05, 3.63) is 29.3 Å². The molecule has 0 aliphatic heterocycles. The first-order valence-electron chi connectivity index (χ1n) is 8.73. The molecule has 1 aromatic carbocycles. The number of nitrogens with one attached hydrogen (secondary N) is 3. The number of aryl methyl sites for hydroxylation is 1. The molecular weight excluding hydrogens is 443 g/mol. The quantitative estimate of drug-likeness (QED) is 0.307. The summed E-state index contributed by atoms with van der Waals surface area (Å²) in [6.45, 7) is 9.71. The van der Waals surface area contributed by atoms with Crippen LogP contribution in [-0.4, -0.2) is 39.1 Å². The van der Waals surface area contributed by atoms with Gasteiger partial charge in [-0.1, -0.05) is 19.1 Å². The molecule has 26 heavy (non-hydrogen) atoms. The Morgan fingerprint density at radius 2 is 1.96 bits per heavy atom. The number of nitrogens with zero attached hydrogens (tertiary/aromatic N) is 1. The van der Waals surface area contributed by atoms with Crippen LogP contribution >= 0.6 is 24.0 Å². The molecule has 0 aliphatic carbocycles. The van der Waals surface area contributed by atoms with Gasteiger partial charge in [-0.3, -0.25) is 9.79 Å². The van der Waals surface area contributed by atoms with Gasteiger partial charge in [0.1, 0.15) is 5.75 Å². The van der Waals surface area contributed by atoms with Crippen molar-refractivity contribution in [2.75, 3.05) is 27.2 Å². The Morgan fingerprint density at radius 3 is 2.54 bits per heavy atom. The third-order valence-corrected chi connectivity index (χ3v) is 3.89. The fraction of sp³-hybridized carbons (Fsp3) is 0.579. The minimum absolute atomic E-state index is 0. The van der Waals surface area contributed by atoms with Gasteiger partial charge in [0.2, 0.25) is 5.91 Å². The van der Waals surface area contributed by atoms with E-state index in [0.717, 1.165) is 17.7 Å². The maximum Gasteiger partial charge on any atom is 0.227 e. The molecule has 0 heterocycles. The normalized spacial score (nSPS) is 11.4. The van der Waals surface area contributed by atoms with Crippen LogP contribution in [0.25, 0.3) is 0 Å². The zero-order chi connectivity index (χ0) is 18.9. The number of amides is 1. The molecule has 1 amide bonds. The summed E-state index contributed by atoms with van der Waals surface area (Å²) in [6, 6.07) is 6.19. The largest absolute Gasteiger partial charge is 0.493 e. The SMILES string of the molecule is CCCOc1cc(C)ccc1CNC(=NC)NCC(C)(C)C(=O)NC.I. The van der Waals surface area contributed by atoms with E-state index in [1.807, 2.05) is 13.8 Å². The Bertz CT molecular complexity index is 603. The average Bonchev–Trinajstić information content (AvgIpc) is 2.60. The number of rotatable bonds is 8. The standard InChI is InChI=1S/C19H32N4O2.HI/c1-7-10-25-16-11-14(2)8-9-15(16)12-22-18(21-6)23-13-19(3,4)17(24)20-5;/h8-9,11H,7,10,12-13H2,1-6H3,(H,20,24)(H2,21,22,23);1H. The first-order valence-corrected chi connectivity index (χ1v) is 8.73. The lowest BCUT2D eigenvalue weighted by Crippen LogP contribution is -2.47. The average molecular weight is 476 g/mol. The predicted molar refractivity (Wildman–Crippen MR) is 118 cm³/mol. The van der Waals surface area contributed by atoms with Gasteiger partial charge in [0.25, 0.3) is 0 Å². The summed E-state index contributed by atoms with van der Waals surface area (Å²) in [4.78, 5) is 16.1. The maximum atomic E-state index is 11.9. The second kappa shape index (κ2) is 12.0. The number of guanidine groups is 1. The molecule has 0 fully saturated rings. The molecule has 148 valence electrons. The van der Waals surface area contributed by atoms with E-state index in [4.69, 9.17) is 4.74 Å². The van der Waals surface area contributed by atoms with Crippen LogP contribution in [0, 0.1) is 12.3 Å². The highest BCUT2D eigenvalue weighted by atomic mass is 127. The minimum Gasteiger partial charge on any atom is -0.493 e. The Balaban J connectivity index is 0.00000625. The highest BCUT2D eigenvalue weighted by molar-refractivity contribution is 14.0. The Kier molecular flexibility index (Phi) is 11.3. The van der Waals surface area contributed by atoms with Crippen LogP contribution in [0.3, 0.4) is 0 Å². The molecule has 0 aromatic heterocycles. The lowest BCUT2D eigenvalue weighted by Gasteiger charge is -2.24. The van der Waals surface area contributed by atoms with Gasteiger partial charge < -0.3 is 20.7 Å². The summed E-state index contributed by atoms with van der Waals surface area (Å²) in [7, 11) is 3.36. The van der Waals surface area contributed by atoms with E-state index in [1.165, 1.54) is 5.56 Å².